The maximum Gasteiger partial charge on any atom is 0.138 e. The molecule has 4 heteroatoms. The number of hydrogen-bond donors (Lipinski definition) is 2. The molecule has 4 nitrogen and oxygen atoms in total. The van der Waals surface area contributed by atoms with Crippen molar-refractivity contribution in [1.82, 2.24) is 10.3 Å². The smallest absolute Gasteiger partial charge is 0.138 e. The van der Waals surface area contributed by atoms with Gasteiger partial charge in [-0.15, -0.1) is 0 Å². The van der Waals surface area contributed by atoms with Crippen LogP contribution in [0.3, 0.4) is 0 Å². The molecule has 0 unspecified atom stereocenters. The fourth-order valence-corrected chi connectivity index (χ4v) is 4.00. The maximum absolute atomic E-state index is 5.91. The Morgan fingerprint density at radius 3 is 2.75 bits per heavy atom. The predicted molar refractivity (Wildman–Crippen MR) is 113 cm³/mol. The number of rotatable bonds is 6. The van der Waals surface area contributed by atoms with Crippen molar-refractivity contribution in [3.05, 3.63) is 78.1 Å². The minimum absolute atomic E-state index is 0.454. The molecule has 0 radical (unpaired) electrons. The maximum atomic E-state index is 5.91. The number of para-hydroxylation sites is 1. The van der Waals surface area contributed by atoms with Crippen LogP contribution in [0, 0.1) is 0 Å². The molecule has 28 heavy (non-hydrogen) atoms. The summed E-state index contributed by atoms with van der Waals surface area (Å²) in [7, 11) is 0. The van der Waals surface area contributed by atoms with Gasteiger partial charge in [-0.05, 0) is 54.6 Å². The molecular weight excluding hydrogens is 346 g/mol. The van der Waals surface area contributed by atoms with Gasteiger partial charge in [0.1, 0.15) is 12.4 Å². The molecule has 1 aromatic heterocycles. The minimum atomic E-state index is 0.454. The third-order valence-electron chi connectivity index (χ3n) is 5.68. The molecule has 5 rings (SSSR count). The van der Waals surface area contributed by atoms with E-state index in [-0.39, 0.29) is 0 Å². The fraction of sp³-hybridized carbons (Fsp3) is 0.292. The summed E-state index contributed by atoms with van der Waals surface area (Å²) in [6.45, 7) is 1.80. The molecule has 0 spiro atoms. The van der Waals surface area contributed by atoms with E-state index in [1.165, 1.54) is 28.8 Å². The molecule has 1 saturated heterocycles. The molecule has 2 atom stereocenters. The Kier molecular flexibility index (Phi) is 4.71. The van der Waals surface area contributed by atoms with Crippen LogP contribution in [0.5, 0.6) is 5.75 Å². The molecule has 3 heterocycles. The van der Waals surface area contributed by atoms with Crippen LogP contribution in [0.25, 0.3) is 11.1 Å². The second kappa shape index (κ2) is 7.64. The van der Waals surface area contributed by atoms with Crippen LogP contribution in [0.2, 0.25) is 0 Å². The highest BCUT2D eigenvalue weighted by Gasteiger charge is 2.20. The highest BCUT2D eigenvalue weighted by atomic mass is 16.5. The molecule has 0 bridgehead atoms. The fourth-order valence-electron chi connectivity index (χ4n) is 4.00. The van der Waals surface area contributed by atoms with Gasteiger partial charge in [0.25, 0.3) is 0 Å². The van der Waals surface area contributed by atoms with Crippen molar-refractivity contribution in [3.8, 4) is 16.9 Å². The Bertz CT molecular complexity index is 942. The molecule has 3 aromatic rings. The van der Waals surface area contributed by atoms with Gasteiger partial charge >= 0.3 is 0 Å². The molecular formula is C24H25N3O. The lowest BCUT2D eigenvalue weighted by Gasteiger charge is -2.27. The zero-order valence-electron chi connectivity index (χ0n) is 15.9. The van der Waals surface area contributed by atoms with Gasteiger partial charge in [0, 0.05) is 29.5 Å². The van der Waals surface area contributed by atoms with Gasteiger partial charge in [0.2, 0.25) is 0 Å². The molecule has 2 aromatic carbocycles. The Hall–Kier alpha value is -2.85. The highest BCUT2D eigenvalue weighted by Crippen LogP contribution is 2.28. The van der Waals surface area contributed by atoms with Gasteiger partial charge in [0.05, 0.1) is 6.20 Å². The summed E-state index contributed by atoms with van der Waals surface area (Å²) >= 11 is 0. The number of anilines is 1. The monoisotopic (exact) mass is 371 g/mol. The molecule has 2 aliphatic heterocycles. The zero-order valence-corrected chi connectivity index (χ0v) is 15.9. The van der Waals surface area contributed by atoms with Crippen LogP contribution in [0.15, 0.2) is 67.0 Å². The first kappa shape index (κ1) is 17.3. The SMILES string of the molecule is c1cc(C[C@@H]2Cc3ccccc3N2)cc(-c2cncc(OC[C@@H]3CCN3)c2)c1. The zero-order chi connectivity index (χ0) is 18.8. The first-order chi connectivity index (χ1) is 13.8. The second-order valence-corrected chi connectivity index (χ2v) is 7.77. The van der Waals surface area contributed by atoms with Gasteiger partial charge in [-0.25, -0.2) is 0 Å². The topological polar surface area (TPSA) is 46.2 Å². The van der Waals surface area contributed by atoms with Gasteiger partial charge in [-0.3, -0.25) is 4.98 Å². The lowest BCUT2D eigenvalue weighted by Crippen LogP contribution is -2.46. The molecule has 2 N–H and O–H groups in total. The summed E-state index contributed by atoms with van der Waals surface area (Å²) in [6, 6.07) is 20.4. The van der Waals surface area contributed by atoms with Crippen LogP contribution >= 0.6 is 0 Å². The summed E-state index contributed by atoms with van der Waals surface area (Å²) < 4.78 is 5.91. The summed E-state index contributed by atoms with van der Waals surface area (Å²) in [6.07, 6.45) is 7.00. The van der Waals surface area contributed by atoms with E-state index in [4.69, 9.17) is 4.74 Å². The van der Waals surface area contributed by atoms with Gasteiger partial charge in [-0.2, -0.15) is 0 Å². The molecule has 0 amide bonds. The number of hydrogen-bond acceptors (Lipinski definition) is 4. The number of pyridine rings is 1. The quantitative estimate of drug-likeness (QED) is 0.686. The van der Waals surface area contributed by atoms with Crippen LogP contribution in [-0.2, 0) is 12.8 Å². The van der Waals surface area contributed by atoms with Crippen molar-refractivity contribution >= 4 is 5.69 Å². The van der Waals surface area contributed by atoms with E-state index in [1.54, 1.807) is 6.20 Å². The molecule has 0 saturated carbocycles. The average Bonchev–Trinajstić information content (AvgIpc) is 3.09. The van der Waals surface area contributed by atoms with Gasteiger partial charge in [-0.1, -0.05) is 42.5 Å². The Morgan fingerprint density at radius 1 is 0.964 bits per heavy atom. The van der Waals surface area contributed by atoms with Gasteiger partial charge in [0.15, 0.2) is 0 Å². The summed E-state index contributed by atoms with van der Waals surface area (Å²) in [4.78, 5) is 4.39. The normalized spacial score (nSPS) is 20.1. The van der Waals surface area contributed by atoms with Crippen molar-refractivity contribution in [3.63, 3.8) is 0 Å². The Labute approximate surface area is 166 Å². The summed E-state index contributed by atoms with van der Waals surface area (Å²) in [5.41, 5.74) is 6.32. The second-order valence-electron chi connectivity index (χ2n) is 7.77. The lowest BCUT2D eigenvalue weighted by atomic mass is 9.99. The number of nitrogens with one attached hydrogen (secondary N) is 2. The van der Waals surface area contributed by atoms with E-state index < -0.39 is 0 Å². The molecule has 142 valence electrons. The van der Waals surface area contributed by atoms with Crippen molar-refractivity contribution in [1.29, 1.82) is 0 Å². The Balaban J connectivity index is 1.28. The molecule has 1 fully saturated rings. The first-order valence-corrected chi connectivity index (χ1v) is 10.1. The standard InChI is InChI=1S/C24H25N3O/c1-2-7-24-19(5-1)12-22(27-24)11-17-4-3-6-18(10-17)20-13-23(15-25-14-20)28-16-21-8-9-26-21/h1-7,10,13-15,21-22,26-27H,8-9,11-12,16H2/t21-,22+/m0/s1. The molecule has 2 aliphatic rings. The number of aromatic nitrogens is 1. The van der Waals surface area contributed by atoms with Gasteiger partial charge < -0.3 is 15.4 Å². The number of benzene rings is 2. The van der Waals surface area contributed by atoms with E-state index in [0.717, 1.165) is 30.7 Å². The third-order valence-corrected chi connectivity index (χ3v) is 5.68. The highest BCUT2D eigenvalue weighted by molar-refractivity contribution is 5.65. The number of fused-ring (bicyclic) bond motifs is 1. The average molecular weight is 371 g/mol. The lowest BCUT2D eigenvalue weighted by molar-refractivity contribution is 0.217. The van der Waals surface area contributed by atoms with E-state index in [9.17, 15) is 0 Å². The molecule has 0 aliphatic carbocycles. The Morgan fingerprint density at radius 2 is 1.89 bits per heavy atom. The van der Waals surface area contributed by atoms with Crippen LogP contribution in [0.4, 0.5) is 5.69 Å². The van der Waals surface area contributed by atoms with Crippen molar-refractivity contribution in [2.45, 2.75) is 31.3 Å². The van der Waals surface area contributed by atoms with Crippen LogP contribution in [-0.4, -0.2) is 30.2 Å². The minimum Gasteiger partial charge on any atom is -0.490 e. The number of ether oxygens (including phenoxy) is 1. The van der Waals surface area contributed by atoms with E-state index >= 15 is 0 Å². The van der Waals surface area contributed by atoms with E-state index in [2.05, 4.69) is 70.2 Å². The third kappa shape index (κ3) is 3.73. The first-order valence-electron chi connectivity index (χ1n) is 10.1. The van der Waals surface area contributed by atoms with Crippen molar-refractivity contribution < 1.29 is 4.74 Å². The summed E-state index contributed by atoms with van der Waals surface area (Å²) in [5, 5.41) is 7.01. The summed E-state index contributed by atoms with van der Waals surface area (Å²) in [5.74, 6) is 0.838. The predicted octanol–water partition coefficient (Wildman–Crippen LogP) is 4.07. The largest absolute Gasteiger partial charge is 0.490 e. The van der Waals surface area contributed by atoms with Crippen molar-refractivity contribution in [2.24, 2.45) is 0 Å². The van der Waals surface area contributed by atoms with E-state index in [0.29, 0.717) is 18.7 Å². The van der Waals surface area contributed by atoms with E-state index in [1.807, 2.05) is 6.20 Å². The van der Waals surface area contributed by atoms with Crippen molar-refractivity contribution in [2.75, 3.05) is 18.5 Å². The number of nitrogens with zero attached hydrogens (tertiary/aromatic N) is 1. The van der Waals surface area contributed by atoms with Crippen LogP contribution in [0.1, 0.15) is 17.5 Å². The van der Waals surface area contributed by atoms with Crippen LogP contribution < -0.4 is 15.4 Å².